The topological polar surface area (TPSA) is 55.1 Å². The van der Waals surface area contributed by atoms with Gasteiger partial charge in [0.15, 0.2) is 0 Å². The summed E-state index contributed by atoms with van der Waals surface area (Å²) >= 11 is 0. The third-order valence-electron chi connectivity index (χ3n) is 4.53. The Morgan fingerprint density at radius 3 is 2.80 bits per heavy atom. The molecule has 1 saturated carbocycles. The minimum atomic E-state index is -0.625. The summed E-state index contributed by atoms with van der Waals surface area (Å²) in [6, 6.07) is 6.51. The Labute approximate surface area is 118 Å². The van der Waals surface area contributed by atoms with Crippen molar-refractivity contribution in [1.29, 1.82) is 0 Å². The molecule has 0 amide bonds. The lowest BCUT2D eigenvalue weighted by molar-refractivity contribution is -0.143. The third kappa shape index (κ3) is 2.55. The Bertz CT molecular complexity index is 624. The number of carbonyl (C=O) groups is 1. The van der Waals surface area contributed by atoms with Gasteiger partial charge in [-0.25, -0.2) is 0 Å². The van der Waals surface area contributed by atoms with E-state index in [1.807, 2.05) is 17.9 Å². The van der Waals surface area contributed by atoms with E-state index in [4.69, 9.17) is 5.11 Å². The van der Waals surface area contributed by atoms with E-state index in [2.05, 4.69) is 23.3 Å². The lowest BCUT2D eigenvalue weighted by Crippen LogP contribution is -2.22. The second kappa shape index (κ2) is 5.27. The van der Waals surface area contributed by atoms with Crippen molar-refractivity contribution in [3.63, 3.8) is 0 Å². The Balaban J connectivity index is 1.68. The van der Waals surface area contributed by atoms with Crippen molar-refractivity contribution in [3.05, 3.63) is 30.0 Å². The van der Waals surface area contributed by atoms with Crippen LogP contribution < -0.4 is 0 Å². The molecular formula is C16H20N2O2. The van der Waals surface area contributed by atoms with E-state index < -0.39 is 5.97 Å². The van der Waals surface area contributed by atoms with E-state index in [0.29, 0.717) is 5.92 Å². The van der Waals surface area contributed by atoms with Crippen LogP contribution in [0.2, 0.25) is 0 Å². The summed E-state index contributed by atoms with van der Waals surface area (Å²) in [5.74, 6) is -0.123. The first-order chi connectivity index (χ1) is 9.63. The SMILES string of the molecule is Cn1ncc2ccc(CC3CCC(C(=O)O)CC3)cc21. The van der Waals surface area contributed by atoms with E-state index in [9.17, 15) is 4.79 Å². The van der Waals surface area contributed by atoms with E-state index in [1.54, 1.807) is 0 Å². The van der Waals surface area contributed by atoms with E-state index in [-0.39, 0.29) is 5.92 Å². The number of aromatic nitrogens is 2. The Kier molecular flexibility index (Phi) is 3.47. The third-order valence-corrected chi connectivity index (χ3v) is 4.53. The minimum absolute atomic E-state index is 0.120. The van der Waals surface area contributed by atoms with E-state index in [1.165, 1.54) is 16.5 Å². The maximum atomic E-state index is 11.0. The highest BCUT2D eigenvalue weighted by Gasteiger charge is 2.25. The van der Waals surface area contributed by atoms with Gasteiger partial charge in [0, 0.05) is 12.4 Å². The number of carboxylic acid groups (broad SMARTS) is 1. The smallest absolute Gasteiger partial charge is 0.306 e. The molecule has 1 aliphatic carbocycles. The summed E-state index contributed by atoms with van der Waals surface area (Å²) in [5.41, 5.74) is 2.50. The van der Waals surface area contributed by atoms with Crippen LogP contribution in [-0.4, -0.2) is 20.9 Å². The average Bonchev–Trinajstić information content (AvgIpc) is 2.81. The quantitative estimate of drug-likeness (QED) is 0.934. The normalized spacial score (nSPS) is 23.1. The van der Waals surface area contributed by atoms with Crippen LogP contribution in [0, 0.1) is 11.8 Å². The monoisotopic (exact) mass is 272 g/mol. The summed E-state index contributed by atoms with van der Waals surface area (Å²) in [7, 11) is 1.96. The molecule has 106 valence electrons. The van der Waals surface area contributed by atoms with Gasteiger partial charge in [-0.3, -0.25) is 9.48 Å². The van der Waals surface area contributed by atoms with Gasteiger partial charge < -0.3 is 5.11 Å². The van der Waals surface area contributed by atoms with Gasteiger partial charge in [-0.1, -0.05) is 12.1 Å². The number of nitrogens with zero attached hydrogens (tertiary/aromatic N) is 2. The molecule has 0 unspecified atom stereocenters. The molecule has 1 heterocycles. The largest absolute Gasteiger partial charge is 0.481 e. The number of carboxylic acids is 1. The molecule has 1 fully saturated rings. The predicted octanol–water partition coefficient (Wildman–Crippen LogP) is 3.01. The summed E-state index contributed by atoms with van der Waals surface area (Å²) < 4.78 is 1.90. The standard InChI is InChI=1S/C16H20N2O2/c1-18-15-9-12(4-7-14(15)10-17-18)8-11-2-5-13(6-3-11)16(19)20/h4,7,9-11,13H,2-3,5-6,8H2,1H3,(H,19,20). The predicted molar refractivity (Wildman–Crippen MR) is 77.5 cm³/mol. The van der Waals surface area contributed by atoms with Gasteiger partial charge in [0.05, 0.1) is 17.6 Å². The van der Waals surface area contributed by atoms with Crippen LogP contribution in [0.15, 0.2) is 24.4 Å². The van der Waals surface area contributed by atoms with Gasteiger partial charge in [0.25, 0.3) is 0 Å². The molecule has 0 saturated heterocycles. The molecule has 2 aromatic rings. The Hall–Kier alpha value is -1.84. The molecule has 1 N–H and O–H groups in total. The van der Waals surface area contributed by atoms with Crippen molar-refractivity contribution >= 4 is 16.9 Å². The van der Waals surface area contributed by atoms with Crippen molar-refractivity contribution in [2.75, 3.05) is 0 Å². The first-order valence-corrected chi connectivity index (χ1v) is 7.27. The second-order valence-electron chi connectivity index (χ2n) is 5.92. The maximum absolute atomic E-state index is 11.0. The average molecular weight is 272 g/mol. The fraction of sp³-hybridized carbons (Fsp3) is 0.500. The zero-order valence-corrected chi connectivity index (χ0v) is 11.7. The fourth-order valence-corrected chi connectivity index (χ4v) is 3.26. The molecule has 0 radical (unpaired) electrons. The Morgan fingerprint density at radius 2 is 2.10 bits per heavy atom. The highest BCUT2D eigenvalue weighted by atomic mass is 16.4. The summed E-state index contributed by atoms with van der Waals surface area (Å²) in [6.45, 7) is 0. The van der Waals surface area contributed by atoms with Crippen molar-refractivity contribution in [2.45, 2.75) is 32.1 Å². The zero-order valence-electron chi connectivity index (χ0n) is 11.7. The van der Waals surface area contributed by atoms with Crippen LogP contribution in [0.25, 0.3) is 10.9 Å². The van der Waals surface area contributed by atoms with E-state index >= 15 is 0 Å². The van der Waals surface area contributed by atoms with Crippen LogP contribution in [-0.2, 0) is 18.3 Å². The number of aliphatic carboxylic acids is 1. The molecule has 1 aromatic carbocycles. The number of benzene rings is 1. The van der Waals surface area contributed by atoms with Gasteiger partial charge in [0.2, 0.25) is 0 Å². The zero-order chi connectivity index (χ0) is 14.1. The summed E-state index contributed by atoms with van der Waals surface area (Å²) in [5, 5.41) is 14.5. The first kappa shape index (κ1) is 13.2. The van der Waals surface area contributed by atoms with Crippen molar-refractivity contribution in [1.82, 2.24) is 9.78 Å². The summed E-state index contributed by atoms with van der Waals surface area (Å²) in [4.78, 5) is 11.0. The summed E-state index contributed by atoms with van der Waals surface area (Å²) in [6.07, 6.45) is 6.65. The molecule has 0 spiro atoms. The molecule has 0 bridgehead atoms. The van der Waals surface area contributed by atoms with Crippen molar-refractivity contribution in [2.24, 2.45) is 18.9 Å². The number of aryl methyl sites for hydroxylation is 1. The molecule has 4 heteroatoms. The van der Waals surface area contributed by atoms with Crippen molar-refractivity contribution in [3.8, 4) is 0 Å². The number of rotatable bonds is 3. The molecular weight excluding hydrogens is 252 g/mol. The first-order valence-electron chi connectivity index (χ1n) is 7.27. The lowest BCUT2D eigenvalue weighted by atomic mass is 9.79. The molecule has 0 aliphatic heterocycles. The number of hydrogen-bond acceptors (Lipinski definition) is 2. The molecule has 20 heavy (non-hydrogen) atoms. The van der Waals surface area contributed by atoms with Crippen LogP contribution in [0.1, 0.15) is 31.2 Å². The molecule has 1 aliphatic rings. The van der Waals surface area contributed by atoms with Crippen LogP contribution >= 0.6 is 0 Å². The van der Waals surface area contributed by atoms with Gasteiger partial charge in [-0.05, 0) is 49.7 Å². The number of hydrogen-bond donors (Lipinski definition) is 1. The molecule has 3 rings (SSSR count). The van der Waals surface area contributed by atoms with Gasteiger partial charge in [0.1, 0.15) is 0 Å². The van der Waals surface area contributed by atoms with Gasteiger partial charge >= 0.3 is 5.97 Å². The van der Waals surface area contributed by atoms with Crippen LogP contribution in [0.5, 0.6) is 0 Å². The molecule has 0 atom stereocenters. The maximum Gasteiger partial charge on any atom is 0.306 e. The highest BCUT2D eigenvalue weighted by Crippen LogP contribution is 2.31. The highest BCUT2D eigenvalue weighted by molar-refractivity contribution is 5.79. The molecule has 1 aromatic heterocycles. The van der Waals surface area contributed by atoms with Gasteiger partial charge in [-0.2, -0.15) is 5.10 Å². The Morgan fingerprint density at radius 1 is 1.35 bits per heavy atom. The minimum Gasteiger partial charge on any atom is -0.481 e. The van der Waals surface area contributed by atoms with E-state index in [0.717, 1.165) is 32.1 Å². The second-order valence-corrected chi connectivity index (χ2v) is 5.92. The number of fused-ring (bicyclic) bond motifs is 1. The van der Waals surface area contributed by atoms with Crippen molar-refractivity contribution < 1.29 is 9.90 Å². The van der Waals surface area contributed by atoms with Crippen LogP contribution in [0.3, 0.4) is 0 Å². The fourth-order valence-electron chi connectivity index (χ4n) is 3.26. The lowest BCUT2D eigenvalue weighted by Gasteiger charge is -2.26. The molecule has 4 nitrogen and oxygen atoms in total. The van der Waals surface area contributed by atoms with Crippen LogP contribution in [0.4, 0.5) is 0 Å². The van der Waals surface area contributed by atoms with Gasteiger partial charge in [-0.15, -0.1) is 0 Å².